The van der Waals surface area contributed by atoms with E-state index < -0.39 is 11.9 Å². The minimum absolute atomic E-state index is 0.00539. The summed E-state index contributed by atoms with van der Waals surface area (Å²) in [6, 6.07) is 0. The van der Waals surface area contributed by atoms with Crippen LogP contribution in [0, 0.1) is 5.92 Å². The number of esters is 1. The molecular weight excluding hydrogens is 400 g/mol. The predicted molar refractivity (Wildman–Crippen MR) is 135 cm³/mol. The first-order valence-corrected chi connectivity index (χ1v) is 13.6. The van der Waals surface area contributed by atoms with E-state index in [0.717, 1.165) is 19.3 Å². The summed E-state index contributed by atoms with van der Waals surface area (Å²) >= 11 is 0. The van der Waals surface area contributed by atoms with E-state index in [1.54, 1.807) is 0 Å². The Kier molecular flexibility index (Phi) is 23.3. The number of hydrogen-bond donors (Lipinski definition) is 1. The van der Waals surface area contributed by atoms with Crippen molar-refractivity contribution in [3.8, 4) is 0 Å². The van der Waals surface area contributed by atoms with Gasteiger partial charge in [-0.15, -0.1) is 0 Å². The molecule has 1 N–H and O–H groups in total. The molecule has 0 heterocycles. The summed E-state index contributed by atoms with van der Waals surface area (Å²) in [6.07, 6.45) is 27.7. The van der Waals surface area contributed by atoms with Gasteiger partial charge in [-0.05, 0) is 32.1 Å². The Morgan fingerprint density at radius 2 is 1.16 bits per heavy atom. The highest BCUT2D eigenvalue weighted by molar-refractivity contribution is 5.78. The lowest BCUT2D eigenvalue weighted by atomic mass is 9.97. The van der Waals surface area contributed by atoms with Crippen molar-refractivity contribution in [1.29, 1.82) is 0 Å². The zero-order valence-corrected chi connectivity index (χ0v) is 21.3. The first-order chi connectivity index (χ1) is 15.6. The molecule has 32 heavy (non-hydrogen) atoms. The molecule has 0 bridgehead atoms. The Balaban J connectivity index is 3.40. The molecule has 188 valence electrons. The Bertz CT molecular complexity index is 458. The van der Waals surface area contributed by atoms with E-state index in [1.807, 2.05) is 6.92 Å². The number of ether oxygens (including phenoxy) is 1. The zero-order chi connectivity index (χ0) is 23.7. The first kappa shape index (κ1) is 30.7. The van der Waals surface area contributed by atoms with E-state index in [0.29, 0.717) is 13.0 Å². The number of carboxylic acids is 1. The van der Waals surface area contributed by atoms with Gasteiger partial charge in [0, 0.05) is 0 Å². The van der Waals surface area contributed by atoms with Crippen LogP contribution in [-0.2, 0) is 14.3 Å². The van der Waals surface area contributed by atoms with Gasteiger partial charge in [-0.1, -0.05) is 116 Å². The molecule has 4 nitrogen and oxygen atoms in total. The smallest absolute Gasteiger partial charge is 0.307 e. The van der Waals surface area contributed by atoms with Crippen LogP contribution >= 0.6 is 0 Å². The van der Waals surface area contributed by atoms with E-state index in [2.05, 4.69) is 19.1 Å². The van der Waals surface area contributed by atoms with Gasteiger partial charge in [-0.25, -0.2) is 0 Å². The van der Waals surface area contributed by atoms with E-state index in [1.165, 1.54) is 96.3 Å². The fraction of sp³-hybridized carbons (Fsp3) is 0.857. The van der Waals surface area contributed by atoms with Crippen molar-refractivity contribution in [3.05, 3.63) is 12.2 Å². The summed E-state index contributed by atoms with van der Waals surface area (Å²) < 4.78 is 5.01. The largest absolute Gasteiger partial charge is 0.481 e. The highest BCUT2D eigenvalue weighted by Crippen LogP contribution is 2.17. The molecule has 0 spiro atoms. The van der Waals surface area contributed by atoms with Gasteiger partial charge >= 0.3 is 11.9 Å². The van der Waals surface area contributed by atoms with Crippen LogP contribution in [0.25, 0.3) is 0 Å². The molecule has 0 aliphatic rings. The normalized spacial score (nSPS) is 12.3. The number of carbonyl (C=O) groups excluding carboxylic acids is 1. The van der Waals surface area contributed by atoms with Gasteiger partial charge in [0.2, 0.25) is 0 Å². The van der Waals surface area contributed by atoms with Gasteiger partial charge < -0.3 is 9.84 Å². The molecule has 0 radical (unpaired) electrons. The van der Waals surface area contributed by atoms with Crippen molar-refractivity contribution in [3.63, 3.8) is 0 Å². The first-order valence-electron chi connectivity index (χ1n) is 13.6. The van der Waals surface area contributed by atoms with Crippen molar-refractivity contribution in [2.24, 2.45) is 5.92 Å². The molecule has 0 aromatic carbocycles. The average molecular weight is 453 g/mol. The summed E-state index contributed by atoms with van der Waals surface area (Å²) in [7, 11) is 0. The van der Waals surface area contributed by atoms with Crippen molar-refractivity contribution in [1.82, 2.24) is 0 Å². The van der Waals surface area contributed by atoms with E-state index in [-0.39, 0.29) is 12.4 Å². The van der Waals surface area contributed by atoms with E-state index in [9.17, 15) is 14.7 Å². The topological polar surface area (TPSA) is 63.6 Å². The number of aliphatic carboxylic acids is 1. The number of allylic oxidation sites excluding steroid dienone is 2. The predicted octanol–water partition coefficient (Wildman–Crippen LogP) is 8.63. The average Bonchev–Trinajstić information content (AvgIpc) is 2.78. The molecule has 1 atom stereocenters. The number of carbonyl (C=O) groups is 2. The minimum Gasteiger partial charge on any atom is -0.481 e. The monoisotopic (exact) mass is 452 g/mol. The van der Waals surface area contributed by atoms with Crippen molar-refractivity contribution in [2.75, 3.05) is 6.61 Å². The van der Waals surface area contributed by atoms with Crippen LogP contribution in [0.3, 0.4) is 0 Å². The van der Waals surface area contributed by atoms with Crippen LogP contribution in [0.1, 0.15) is 142 Å². The molecule has 1 unspecified atom stereocenters. The van der Waals surface area contributed by atoms with Crippen LogP contribution in [0.4, 0.5) is 0 Å². The molecule has 0 saturated heterocycles. The molecule has 0 aliphatic heterocycles. The lowest BCUT2D eigenvalue weighted by Crippen LogP contribution is -2.19. The second-order valence-electron chi connectivity index (χ2n) is 9.25. The Morgan fingerprint density at radius 1 is 0.688 bits per heavy atom. The second kappa shape index (κ2) is 24.3. The molecule has 0 fully saturated rings. The number of hydrogen-bond acceptors (Lipinski definition) is 3. The van der Waals surface area contributed by atoms with Crippen molar-refractivity contribution >= 4 is 11.9 Å². The zero-order valence-electron chi connectivity index (χ0n) is 21.3. The van der Waals surface area contributed by atoms with Gasteiger partial charge in [-0.3, -0.25) is 9.59 Å². The highest BCUT2D eigenvalue weighted by atomic mass is 16.5. The third kappa shape index (κ3) is 21.9. The second-order valence-corrected chi connectivity index (χ2v) is 9.25. The van der Waals surface area contributed by atoms with Gasteiger partial charge in [0.15, 0.2) is 0 Å². The SMILES string of the molecule is CCCC/C=C/CCCCCCCCCCCCCCCC(CC(=O)OCCC)C(=O)O. The molecule has 0 aliphatic carbocycles. The van der Waals surface area contributed by atoms with E-state index in [4.69, 9.17) is 4.74 Å². The van der Waals surface area contributed by atoms with Gasteiger partial charge in [0.05, 0.1) is 18.9 Å². The van der Waals surface area contributed by atoms with Crippen LogP contribution in [0.15, 0.2) is 12.2 Å². The fourth-order valence-electron chi connectivity index (χ4n) is 3.94. The summed E-state index contributed by atoms with van der Waals surface area (Å²) in [5.41, 5.74) is 0. The number of carboxylic acid groups (broad SMARTS) is 1. The molecule has 0 saturated carbocycles. The Labute approximate surface area is 198 Å². The quantitative estimate of drug-likeness (QED) is 0.0904. The van der Waals surface area contributed by atoms with Crippen molar-refractivity contribution in [2.45, 2.75) is 142 Å². The van der Waals surface area contributed by atoms with Crippen LogP contribution in [-0.4, -0.2) is 23.7 Å². The maximum absolute atomic E-state index is 11.6. The highest BCUT2D eigenvalue weighted by Gasteiger charge is 2.21. The summed E-state index contributed by atoms with van der Waals surface area (Å²) in [4.78, 5) is 23.0. The maximum atomic E-state index is 11.6. The molecule has 0 aromatic heterocycles. The van der Waals surface area contributed by atoms with Crippen LogP contribution in [0.2, 0.25) is 0 Å². The van der Waals surface area contributed by atoms with Crippen LogP contribution < -0.4 is 0 Å². The standard InChI is InChI=1S/C28H52O4/c1-3-5-6-7-8-9-10-11-12-13-14-15-16-17-18-19-20-21-22-23-26(28(30)31)25-27(29)32-24-4-2/h7-8,26H,3-6,9-25H2,1-2H3,(H,30,31)/b8-7+. The van der Waals surface area contributed by atoms with Crippen molar-refractivity contribution < 1.29 is 19.4 Å². The summed E-state index contributed by atoms with van der Waals surface area (Å²) in [5.74, 6) is -1.85. The lowest BCUT2D eigenvalue weighted by Gasteiger charge is -2.11. The molecule has 0 amide bonds. The summed E-state index contributed by atoms with van der Waals surface area (Å²) in [6.45, 7) is 4.55. The van der Waals surface area contributed by atoms with Gasteiger partial charge in [0.1, 0.15) is 0 Å². The molecular formula is C28H52O4. The molecule has 0 rings (SSSR count). The molecule has 0 aromatic rings. The lowest BCUT2D eigenvalue weighted by molar-refractivity contribution is -0.151. The summed E-state index contributed by atoms with van der Waals surface area (Å²) in [5, 5.41) is 9.29. The van der Waals surface area contributed by atoms with Gasteiger partial charge in [0.25, 0.3) is 0 Å². The maximum Gasteiger partial charge on any atom is 0.307 e. The molecule has 4 heteroatoms. The minimum atomic E-state index is -0.877. The Hall–Kier alpha value is -1.32. The van der Waals surface area contributed by atoms with Crippen LogP contribution in [0.5, 0.6) is 0 Å². The third-order valence-electron chi connectivity index (χ3n) is 6.04. The number of unbranched alkanes of at least 4 members (excludes halogenated alkanes) is 15. The third-order valence-corrected chi connectivity index (χ3v) is 6.04. The Morgan fingerprint density at radius 3 is 1.62 bits per heavy atom. The van der Waals surface area contributed by atoms with E-state index >= 15 is 0 Å². The number of rotatable bonds is 24. The fourth-order valence-corrected chi connectivity index (χ4v) is 3.94. The van der Waals surface area contributed by atoms with Gasteiger partial charge in [-0.2, -0.15) is 0 Å².